The summed E-state index contributed by atoms with van der Waals surface area (Å²) in [6.45, 7) is 5.18. The lowest BCUT2D eigenvalue weighted by molar-refractivity contribution is 0.0922. The number of nitrogens with one attached hydrogen (secondary N) is 2. The molecular formula is C17H23N3O3S2. The number of amides is 1. The number of carbonyl (C=O) groups is 1. The molecule has 1 aliphatic rings. The van der Waals surface area contributed by atoms with Gasteiger partial charge in [-0.05, 0) is 36.3 Å². The molecule has 0 aliphatic carbocycles. The Morgan fingerprint density at radius 3 is 2.64 bits per heavy atom. The van der Waals surface area contributed by atoms with Gasteiger partial charge in [0, 0.05) is 24.2 Å². The number of thiophene rings is 1. The van der Waals surface area contributed by atoms with Gasteiger partial charge in [0.25, 0.3) is 5.91 Å². The molecule has 1 amide bonds. The van der Waals surface area contributed by atoms with Crippen LogP contribution in [-0.2, 0) is 10.0 Å². The molecule has 3 heterocycles. The number of sulfonamides is 1. The lowest BCUT2D eigenvalue weighted by atomic mass is 10.0. The van der Waals surface area contributed by atoms with Crippen molar-refractivity contribution in [3.8, 4) is 0 Å². The Labute approximate surface area is 152 Å². The van der Waals surface area contributed by atoms with Gasteiger partial charge in [0.2, 0.25) is 10.0 Å². The monoisotopic (exact) mass is 381 g/mol. The first-order valence-electron chi connectivity index (χ1n) is 8.42. The molecule has 25 heavy (non-hydrogen) atoms. The van der Waals surface area contributed by atoms with E-state index in [0.717, 1.165) is 17.7 Å². The summed E-state index contributed by atoms with van der Waals surface area (Å²) in [5, 5.41) is 4.98. The molecule has 0 bridgehead atoms. The Balaban J connectivity index is 1.76. The number of aromatic amines is 1. The van der Waals surface area contributed by atoms with E-state index < -0.39 is 10.0 Å². The van der Waals surface area contributed by atoms with Gasteiger partial charge < -0.3 is 10.3 Å². The molecule has 0 aromatic carbocycles. The number of aromatic nitrogens is 1. The number of nitrogens with zero attached hydrogens (tertiary/aromatic N) is 1. The highest BCUT2D eigenvalue weighted by Crippen LogP contribution is 2.26. The Kier molecular flexibility index (Phi) is 5.31. The highest BCUT2D eigenvalue weighted by molar-refractivity contribution is 7.89. The van der Waals surface area contributed by atoms with Gasteiger partial charge in [-0.1, -0.05) is 19.9 Å². The molecule has 1 aliphatic heterocycles. The minimum absolute atomic E-state index is 0.102. The van der Waals surface area contributed by atoms with Crippen LogP contribution >= 0.6 is 11.3 Å². The normalized spacial score (nSPS) is 17.1. The maximum Gasteiger partial charge on any atom is 0.268 e. The fraction of sp³-hybridized carbons (Fsp3) is 0.471. The van der Waals surface area contributed by atoms with Crippen LogP contribution < -0.4 is 5.32 Å². The van der Waals surface area contributed by atoms with Crippen molar-refractivity contribution < 1.29 is 13.2 Å². The molecule has 0 saturated carbocycles. The van der Waals surface area contributed by atoms with Crippen molar-refractivity contribution in [2.45, 2.75) is 37.6 Å². The van der Waals surface area contributed by atoms with E-state index in [1.807, 2.05) is 31.4 Å². The summed E-state index contributed by atoms with van der Waals surface area (Å²) < 4.78 is 26.6. The molecule has 8 heteroatoms. The summed E-state index contributed by atoms with van der Waals surface area (Å²) in [6, 6.07) is 5.27. The third kappa shape index (κ3) is 3.80. The summed E-state index contributed by atoms with van der Waals surface area (Å²) in [5.41, 5.74) is 0.264. The Morgan fingerprint density at radius 2 is 2.04 bits per heavy atom. The molecule has 1 saturated heterocycles. The molecule has 1 unspecified atom stereocenters. The smallest absolute Gasteiger partial charge is 0.268 e. The van der Waals surface area contributed by atoms with Crippen molar-refractivity contribution in [1.82, 2.24) is 14.6 Å². The van der Waals surface area contributed by atoms with Crippen LogP contribution in [0.1, 0.15) is 48.1 Å². The largest absolute Gasteiger partial charge is 0.356 e. The van der Waals surface area contributed by atoms with Crippen molar-refractivity contribution in [3.05, 3.63) is 40.3 Å². The topological polar surface area (TPSA) is 82.3 Å². The van der Waals surface area contributed by atoms with Crippen LogP contribution in [0.3, 0.4) is 0 Å². The van der Waals surface area contributed by atoms with Gasteiger partial charge in [0.05, 0.1) is 6.04 Å². The third-order valence-corrected chi connectivity index (χ3v) is 7.24. The first-order valence-corrected chi connectivity index (χ1v) is 10.7. The van der Waals surface area contributed by atoms with Gasteiger partial charge >= 0.3 is 0 Å². The maximum atomic E-state index is 12.6. The molecule has 3 rings (SSSR count). The van der Waals surface area contributed by atoms with Gasteiger partial charge in [0.15, 0.2) is 0 Å². The van der Waals surface area contributed by atoms with Crippen molar-refractivity contribution in [1.29, 1.82) is 0 Å². The molecule has 6 nitrogen and oxygen atoms in total. The molecule has 0 radical (unpaired) electrons. The molecule has 2 aromatic heterocycles. The van der Waals surface area contributed by atoms with Gasteiger partial charge in [-0.2, -0.15) is 4.31 Å². The SMILES string of the molecule is CC(C)C(NC(=O)c1cc(S(=O)(=O)N2CCCC2)c[nH]1)c1cccs1. The summed E-state index contributed by atoms with van der Waals surface area (Å²) >= 11 is 1.60. The van der Waals surface area contributed by atoms with E-state index in [2.05, 4.69) is 10.3 Å². The molecule has 2 aromatic rings. The maximum absolute atomic E-state index is 12.6. The summed E-state index contributed by atoms with van der Waals surface area (Å²) in [6.07, 6.45) is 3.17. The predicted octanol–water partition coefficient (Wildman–Crippen LogP) is 2.99. The van der Waals surface area contributed by atoms with Crippen molar-refractivity contribution in [3.63, 3.8) is 0 Å². The summed E-state index contributed by atoms with van der Waals surface area (Å²) in [4.78, 5) is 16.6. The second-order valence-corrected chi connectivity index (χ2v) is 9.49. The molecular weight excluding hydrogens is 358 g/mol. The molecule has 1 atom stereocenters. The number of rotatable bonds is 6. The second-order valence-electron chi connectivity index (χ2n) is 6.57. The van der Waals surface area contributed by atoms with Gasteiger partial charge in [-0.25, -0.2) is 8.42 Å². The fourth-order valence-electron chi connectivity index (χ4n) is 2.99. The number of H-pyrrole nitrogens is 1. The van der Waals surface area contributed by atoms with E-state index in [-0.39, 0.29) is 28.5 Å². The molecule has 0 spiro atoms. The van der Waals surface area contributed by atoms with Crippen LogP contribution in [-0.4, -0.2) is 36.7 Å². The average Bonchev–Trinajstić information content (AvgIpc) is 3.34. The first-order chi connectivity index (χ1) is 11.9. The predicted molar refractivity (Wildman–Crippen MR) is 98.1 cm³/mol. The van der Waals surface area contributed by atoms with Gasteiger partial charge in [-0.15, -0.1) is 11.3 Å². The summed E-state index contributed by atoms with van der Waals surface area (Å²) in [5.74, 6) is -0.0691. The minimum atomic E-state index is -3.52. The van der Waals surface area contributed by atoms with Crippen molar-refractivity contribution in [2.75, 3.05) is 13.1 Å². The number of hydrogen-bond acceptors (Lipinski definition) is 4. The van der Waals surface area contributed by atoms with Crippen LogP contribution in [0.15, 0.2) is 34.7 Å². The van der Waals surface area contributed by atoms with Crippen LogP contribution in [0.25, 0.3) is 0 Å². The van der Waals surface area contributed by atoms with Crippen molar-refractivity contribution >= 4 is 27.3 Å². The van der Waals surface area contributed by atoms with E-state index in [9.17, 15) is 13.2 Å². The molecule has 136 valence electrons. The molecule has 2 N–H and O–H groups in total. The number of carbonyl (C=O) groups excluding carboxylic acids is 1. The quantitative estimate of drug-likeness (QED) is 0.807. The standard InChI is InChI=1S/C17H23N3O3S2/c1-12(2)16(15-6-5-9-24-15)19-17(21)14-10-13(11-18-14)25(22,23)20-7-3-4-8-20/h5-6,9-12,16,18H,3-4,7-8H2,1-2H3,(H,19,21). The zero-order valence-corrected chi connectivity index (χ0v) is 16.0. The second kappa shape index (κ2) is 7.31. The Hall–Kier alpha value is -1.64. The van der Waals surface area contributed by atoms with Gasteiger partial charge in [0.1, 0.15) is 10.6 Å². The van der Waals surface area contributed by atoms with E-state index in [4.69, 9.17) is 0 Å². The van der Waals surface area contributed by atoms with Gasteiger partial charge in [-0.3, -0.25) is 4.79 Å². The van der Waals surface area contributed by atoms with Crippen LogP contribution in [0.2, 0.25) is 0 Å². The zero-order chi connectivity index (χ0) is 18.0. The zero-order valence-electron chi connectivity index (χ0n) is 14.4. The van der Waals surface area contributed by atoms with E-state index >= 15 is 0 Å². The van der Waals surface area contributed by atoms with Crippen LogP contribution in [0.4, 0.5) is 0 Å². The fourth-order valence-corrected chi connectivity index (χ4v) is 5.45. The number of hydrogen-bond donors (Lipinski definition) is 2. The first kappa shape index (κ1) is 18.2. The third-order valence-electron chi connectivity index (χ3n) is 4.41. The minimum Gasteiger partial charge on any atom is -0.356 e. The van der Waals surface area contributed by atoms with Crippen LogP contribution in [0.5, 0.6) is 0 Å². The lowest BCUT2D eigenvalue weighted by Gasteiger charge is -2.20. The van der Waals surface area contributed by atoms with E-state index in [0.29, 0.717) is 13.1 Å². The Bertz CT molecular complexity index is 819. The Morgan fingerprint density at radius 1 is 1.32 bits per heavy atom. The lowest BCUT2D eigenvalue weighted by Crippen LogP contribution is -2.31. The highest BCUT2D eigenvalue weighted by atomic mass is 32.2. The molecule has 1 fully saturated rings. The highest BCUT2D eigenvalue weighted by Gasteiger charge is 2.29. The van der Waals surface area contributed by atoms with Crippen LogP contribution in [0, 0.1) is 5.92 Å². The van der Waals surface area contributed by atoms with E-state index in [1.165, 1.54) is 16.6 Å². The van der Waals surface area contributed by atoms with E-state index in [1.54, 1.807) is 11.3 Å². The average molecular weight is 382 g/mol. The summed E-state index contributed by atoms with van der Waals surface area (Å²) in [7, 11) is -3.52. The van der Waals surface area contributed by atoms with Crippen molar-refractivity contribution in [2.24, 2.45) is 5.92 Å².